The van der Waals surface area contributed by atoms with E-state index in [1.165, 1.54) is 14.7 Å². The summed E-state index contributed by atoms with van der Waals surface area (Å²) in [5, 5.41) is 0. The van der Waals surface area contributed by atoms with E-state index in [0.717, 1.165) is 0 Å². The van der Waals surface area contributed by atoms with Crippen LogP contribution in [0.2, 0.25) is 0 Å². The van der Waals surface area contributed by atoms with Crippen LogP contribution in [0, 0.1) is 0 Å². The zero-order chi connectivity index (χ0) is 13.8. The van der Waals surface area contributed by atoms with Gasteiger partial charge in [-0.15, -0.1) is 9.65 Å². The summed E-state index contributed by atoms with van der Waals surface area (Å²) in [6.07, 6.45) is 0. The van der Waals surface area contributed by atoms with Crippen LogP contribution in [0.4, 0.5) is 0 Å². The summed E-state index contributed by atoms with van der Waals surface area (Å²) in [6, 6.07) is 32.3. The van der Waals surface area contributed by atoms with Crippen molar-refractivity contribution in [2.24, 2.45) is 0 Å². The molecule has 1 unspecified atom stereocenters. The second-order valence-corrected chi connectivity index (χ2v) is 9.45. The fraction of sp³-hybridized carbons (Fsp3) is 0. The molecule has 3 rings (SSSR count). The zero-order valence-corrected chi connectivity index (χ0v) is 13.1. The lowest BCUT2D eigenvalue weighted by Crippen LogP contribution is -1.95. The lowest BCUT2D eigenvalue weighted by molar-refractivity contribution is 1.32. The van der Waals surface area contributed by atoms with Gasteiger partial charge in [0.05, 0.1) is 0 Å². The molecule has 0 aliphatic heterocycles. The lowest BCUT2D eigenvalue weighted by atomic mass is 10.4. The molecule has 0 heterocycles. The summed E-state index contributed by atoms with van der Waals surface area (Å²) >= 11 is 0. The molecule has 0 nitrogen and oxygen atoms in total. The van der Waals surface area contributed by atoms with Crippen molar-refractivity contribution >= 4 is 18.1 Å². The predicted molar refractivity (Wildman–Crippen MR) is 91.4 cm³/mol. The van der Waals surface area contributed by atoms with Crippen molar-refractivity contribution in [2.75, 3.05) is 0 Å². The number of hydrogen-bond acceptors (Lipinski definition) is 0. The maximum absolute atomic E-state index is 3.14. The molecule has 0 bridgehead atoms. The zero-order valence-electron chi connectivity index (χ0n) is 11.1. The minimum Gasteiger partial charge on any atom is -0.145 e. The highest BCUT2D eigenvalue weighted by atomic mass is 32.8. The summed E-state index contributed by atoms with van der Waals surface area (Å²) < 4.78 is 0. The van der Waals surface area contributed by atoms with Gasteiger partial charge in [0, 0.05) is 14.7 Å². The normalized spacial score (nSPS) is 12.1. The Morgan fingerprint density at radius 1 is 0.450 bits per heavy atom. The van der Waals surface area contributed by atoms with Gasteiger partial charge in [0.2, 0.25) is 0 Å². The van der Waals surface area contributed by atoms with Crippen LogP contribution in [0.3, 0.4) is 0 Å². The Bertz CT molecular complexity index is 569. The lowest BCUT2D eigenvalue weighted by Gasteiger charge is -2.37. The Kier molecular flexibility index (Phi) is 3.91. The molecule has 0 fully saturated rings. The molecule has 100 valence electrons. The molecular formula is C18H17PS. The fourth-order valence-electron chi connectivity index (χ4n) is 2.31. The van der Waals surface area contributed by atoms with Crippen molar-refractivity contribution < 1.29 is 0 Å². The van der Waals surface area contributed by atoms with Crippen LogP contribution < -0.4 is 0 Å². The summed E-state index contributed by atoms with van der Waals surface area (Å²) in [4.78, 5) is 4.09. The molecule has 0 aromatic heterocycles. The van der Waals surface area contributed by atoms with E-state index in [2.05, 4.69) is 99.4 Å². The molecular weight excluding hydrogens is 279 g/mol. The molecule has 0 saturated heterocycles. The molecule has 0 aliphatic rings. The highest BCUT2D eigenvalue weighted by Gasteiger charge is 2.25. The molecule has 0 aliphatic carbocycles. The average molecular weight is 296 g/mol. The first-order valence-electron chi connectivity index (χ1n) is 6.58. The molecule has 3 aromatic rings. The number of rotatable bonds is 3. The topological polar surface area (TPSA) is 0 Å². The molecule has 0 spiro atoms. The summed E-state index contributed by atoms with van der Waals surface area (Å²) in [7, 11) is 1.88. The maximum atomic E-state index is 3.14. The minimum atomic E-state index is -1.26. The van der Waals surface area contributed by atoms with Gasteiger partial charge in [-0.1, -0.05) is 63.0 Å². The van der Waals surface area contributed by atoms with Gasteiger partial charge in [0.25, 0.3) is 0 Å². The van der Waals surface area contributed by atoms with Crippen molar-refractivity contribution in [1.82, 2.24) is 0 Å². The van der Waals surface area contributed by atoms with Gasteiger partial charge in [0.15, 0.2) is 0 Å². The van der Waals surface area contributed by atoms with E-state index >= 15 is 0 Å². The van der Waals surface area contributed by atoms with Crippen molar-refractivity contribution in [1.29, 1.82) is 0 Å². The van der Waals surface area contributed by atoms with Crippen LogP contribution >= 0.6 is 18.1 Å². The standard InChI is InChI=1S/C18H17PS/c19-20(16-10-4-1-5-11-16,17-12-6-2-7-13-17)18-14-8-3-9-15-18/h1-15H,19H2. The van der Waals surface area contributed by atoms with Crippen LogP contribution in [-0.2, 0) is 0 Å². The summed E-state index contributed by atoms with van der Waals surface area (Å²) in [5.74, 6) is 0. The molecule has 1 atom stereocenters. The fourth-order valence-corrected chi connectivity index (χ4v) is 6.30. The Hall–Kier alpha value is -1.56. The van der Waals surface area contributed by atoms with Gasteiger partial charge >= 0.3 is 0 Å². The van der Waals surface area contributed by atoms with Crippen molar-refractivity contribution in [3.8, 4) is 0 Å². The van der Waals surface area contributed by atoms with Gasteiger partial charge in [-0.05, 0) is 36.4 Å². The molecule has 0 radical (unpaired) electrons. The third-order valence-corrected chi connectivity index (χ3v) is 8.84. The third-order valence-electron chi connectivity index (χ3n) is 3.34. The highest BCUT2D eigenvalue weighted by Crippen LogP contribution is 2.73. The van der Waals surface area contributed by atoms with Crippen LogP contribution in [0.1, 0.15) is 0 Å². The monoisotopic (exact) mass is 296 g/mol. The smallest absolute Gasteiger partial charge is 0.00132 e. The van der Waals surface area contributed by atoms with Gasteiger partial charge in [-0.25, -0.2) is 0 Å². The molecule has 3 aromatic carbocycles. The van der Waals surface area contributed by atoms with E-state index < -0.39 is 9.65 Å². The third kappa shape index (κ3) is 2.40. The number of benzene rings is 3. The van der Waals surface area contributed by atoms with Gasteiger partial charge < -0.3 is 0 Å². The first-order valence-corrected chi connectivity index (χ1v) is 9.69. The van der Waals surface area contributed by atoms with Crippen LogP contribution in [0.25, 0.3) is 0 Å². The second-order valence-electron chi connectivity index (χ2n) is 4.60. The molecule has 20 heavy (non-hydrogen) atoms. The predicted octanol–water partition coefficient (Wildman–Crippen LogP) is 5.76. The van der Waals surface area contributed by atoms with Crippen LogP contribution in [0.5, 0.6) is 0 Å². The van der Waals surface area contributed by atoms with E-state index in [0.29, 0.717) is 0 Å². The highest BCUT2D eigenvalue weighted by molar-refractivity contribution is 8.68. The quantitative estimate of drug-likeness (QED) is 0.539. The van der Waals surface area contributed by atoms with E-state index in [1.807, 2.05) is 0 Å². The van der Waals surface area contributed by atoms with E-state index in [-0.39, 0.29) is 0 Å². The number of hydrogen-bond donors (Lipinski definition) is 0. The largest absolute Gasteiger partial charge is 0.145 e. The SMILES string of the molecule is PS(c1ccccc1)(c1ccccc1)c1ccccc1. The van der Waals surface area contributed by atoms with Crippen LogP contribution in [0.15, 0.2) is 106 Å². The molecule has 2 heteroatoms. The Labute approximate surface area is 124 Å². The maximum Gasteiger partial charge on any atom is 0.00132 e. The molecule has 0 saturated carbocycles. The minimum absolute atomic E-state index is 1.26. The Morgan fingerprint density at radius 2 is 0.700 bits per heavy atom. The first-order chi connectivity index (χ1) is 9.82. The van der Waals surface area contributed by atoms with Crippen molar-refractivity contribution in [3.63, 3.8) is 0 Å². The van der Waals surface area contributed by atoms with Crippen molar-refractivity contribution in [2.45, 2.75) is 14.7 Å². The van der Waals surface area contributed by atoms with E-state index in [9.17, 15) is 0 Å². The second kappa shape index (κ2) is 5.83. The van der Waals surface area contributed by atoms with Gasteiger partial charge in [-0.2, -0.15) is 0 Å². The van der Waals surface area contributed by atoms with Gasteiger partial charge in [-0.3, -0.25) is 0 Å². The van der Waals surface area contributed by atoms with E-state index in [4.69, 9.17) is 0 Å². The van der Waals surface area contributed by atoms with Crippen LogP contribution in [-0.4, -0.2) is 0 Å². The first kappa shape index (κ1) is 13.4. The average Bonchev–Trinajstić information content (AvgIpc) is 2.56. The Balaban J connectivity index is 2.24. The Morgan fingerprint density at radius 3 is 0.950 bits per heavy atom. The summed E-state index contributed by atoms with van der Waals surface area (Å²) in [5.41, 5.74) is 0. The summed E-state index contributed by atoms with van der Waals surface area (Å²) in [6.45, 7) is 0. The van der Waals surface area contributed by atoms with E-state index in [1.54, 1.807) is 0 Å². The van der Waals surface area contributed by atoms with Crippen molar-refractivity contribution in [3.05, 3.63) is 91.0 Å². The van der Waals surface area contributed by atoms with Gasteiger partial charge in [0.1, 0.15) is 0 Å². The molecule has 0 amide bonds. The molecule has 0 N–H and O–H groups in total.